The molecule has 1 amide bonds. The first-order chi connectivity index (χ1) is 15.4. The van der Waals surface area contributed by atoms with Gasteiger partial charge in [0.1, 0.15) is 24.8 Å². The minimum Gasteiger partial charge on any atom is -0.489 e. The molecule has 3 heterocycles. The number of rotatable bonds is 7. The number of anilines is 1. The number of carbonyl (C=O) groups is 1. The number of pyridine rings is 2. The molecule has 166 valence electrons. The van der Waals surface area contributed by atoms with Crippen LogP contribution in [-0.4, -0.2) is 35.3 Å². The van der Waals surface area contributed by atoms with E-state index >= 15 is 0 Å². The first-order valence-electron chi connectivity index (χ1n) is 10.4. The normalized spacial score (nSPS) is 17.8. The molecule has 1 fully saturated rings. The van der Waals surface area contributed by atoms with Crippen LogP contribution in [0.3, 0.4) is 0 Å². The SMILES string of the molecule is CC1(COC(N)=O)CCN(c2ccc(-n3ccc(OCc4ccccc4)cc3=O)cn2)C1. The molecule has 8 heteroatoms. The van der Waals surface area contributed by atoms with Gasteiger partial charge < -0.3 is 20.1 Å². The summed E-state index contributed by atoms with van der Waals surface area (Å²) in [5, 5.41) is 0. The van der Waals surface area contributed by atoms with Gasteiger partial charge in [-0.3, -0.25) is 9.36 Å². The fourth-order valence-electron chi connectivity index (χ4n) is 3.80. The number of carbonyl (C=O) groups excluding carboxylic acids is 1. The van der Waals surface area contributed by atoms with Gasteiger partial charge in [0.15, 0.2) is 0 Å². The molecular weight excluding hydrogens is 408 g/mol. The van der Waals surface area contributed by atoms with Crippen molar-refractivity contribution in [1.82, 2.24) is 9.55 Å². The Labute approximate surface area is 186 Å². The topological polar surface area (TPSA) is 99.7 Å². The number of nitrogens with two attached hydrogens (primary N) is 1. The van der Waals surface area contributed by atoms with Crippen molar-refractivity contribution in [3.63, 3.8) is 0 Å². The largest absolute Gasteiger partial charge is 0.489 e. The van der Waals surface area contributed by atoms with Gasteiger partial charge in [-0.1, -0.05) is 37.3 Å². The third-order valence-electron chi connectivity index (χ3n) is 5.59. The van der Waals surface area contributed by atoms with Crippen molar-refractivity contribution >= 4 is 11.9 Å². The maximum Gasteiger partial charge on any atom is 0.404 e. The number of nitrogens with zero attached hydrogens (tertiary/aromatic N) is 3. The van der Waals surface area contributed by atoms with E-state index in [1.165, 1.54) is 10.6 Å². The second kappa shape index (κ2) is 9.13. The highest BCUT2D eigenvalue weighted by Gasteiger charge is 2.35. The van der Waals surface area contributed by atoms with Crippen LogP contribution < -0.4 is 20.9 Å². The molecule has 0 radical (unpaired) electrons. The van der Waals surface area contributed by atoms with E-state index in [-0.39, 0.29) is 17.6 Å². The van der Waals surface area contributed by atoms with Crippen LogP contribution in [0.5, 0.6) is 5.75 Å². The van der Waals surface area contributed by atoms with Gasteiger partial charge in [0, 0.05) is 30.8 Å². The molecule has 0 aliphatic carbocycles. The van der Waals surface area contributed by atoms with Gasteiger partial charge in [-0.05, 0) is 30.2 Å². The van der Waals surface area contributed by atoms with Gasteiger partial charge in [0.25, 0.3) is 5.56 Å². The van der Waals surface area contributed by atoms with Crippen LogP contribution in [0.2, 0.25) is 0 Å². The third kappa shape index (κ3) is 5.08. The van der Waals surface area contributed by atoms with Crippen LogP contribution in [0.4, 0.5) is 10.6 Å². The highest BCUT2D eigenvalue weighted by atomic mass is 16.5. The molecule has 1 aliphatic rings. The monoisotopic (exact) mass is 434 g/mol. The fourth-order valence-corrected chi connectivity index (χ4v) is 3.80. The highest BCUT2D eigenvalue weighted by molar-refractivity contribution is 5.64. The molecule has 32 heavy (non-hydrogen) atoms. The van der Waals surface area contributed by atoms with E-state index in [0.29, 0.717) is 24.6 Å². The van der Waals surface area contributed by atoms with E-state index < -0.39 is 6.09 Å². The van der Waals surface area contributed by atoms with Crippen LogP contribution in [0.1, 0.15) is 18.9 Å². The second-order valence-corrected chi connectivity index (χ2v) is 8.31. The number of hydrogen-bond donors (Lipinski definition) is 1. The quantitative estimate of drug-likeness (QED) is 0.613. The lowest BCUT2D eigenvalue weighted by molar-refractivity contribution is 0.108. The zero-order chi connectivity index (χ0) is 22.6. The van der Waals surface area contributed by atoms with Crippen molar-refractivity contribution in [2.75, 3.05) is 24.6 Å². The van der Waals surface area contributed by atoms with E-state index in [1.807, 2.05) is 42.5 Å². The predicted octanol–water partition coefficient (Wildman–Crippen LogP) is 3.12. The van der Waals surface area contributed by atoms with Gasteiger partial charge in [0.05, 0.1) is 11.9 Å². The molecule has 0 spiro atoms. The van der Waals surface area contributed by atoms with Gasteiger partial charge >= 0.3 is 6.09 Å². The molecule has 1 aliphatic heterocycles. The number of benzene rings is 1. The van der Waals surface area contributed by atoms with Crippen molar-refractivity contribution < 1.29 is 14.3 Å². The Balaban J connectivity index is 1.41. The van der Waals surface area contributed by atoms with Crippen LogP contribution >= 0.6 is 0 Å². The van der Waals surface area contributed by atoms with E-state index in [4.69, 9.17) is 15.2 Å². The second-order valence-electron chi connectivity index (χ2n) is 8.31. The molecule has 1 unspecified atom stereocenters. The summed E-state index contributed by atoms with van der Waals surface area (Å²) in [5.41, 5.74) is 6.44. The number of hydrogen-bond acceptors (Lipinski definition) is 6. The average molecular weight is 434 g/mol. The van der Waals surface area contributed by atoms with E-state index in [0.717, 1.165) is 24.3 Å². The van der Waals surface area contributed by atoms with Crippen LogP contribution in [0.15, 0.2) is 71.8 Å². The summed E-state index contributed by atoms with van der Waals surface area (Å²) >= 11 is 0. The first kappa shape index (κ1) is 21.4. The smallest absolute Gasteiger partial charge is 0.404 e. The van der Waals surface area contributed by atoms with Gasteiger partial charge in [0.2, 0.25) is 0 Å². The minimum absolute atomic E-state index is 0.165. The number of ether oxygens (including phenoxy) is 2. The van der Waals surface area contributed by atoms with Crippen molar-refractivity contribution in [3.8, 4) is 11.4 Å². The summed E-state index contributed by atoms with van der Waals surface area (Å²) in [5.74, 6) is 1.33. The highest BCUT2D eigenvalue weighted by Crippen LogP contribution is 2.32. The van der Waals surface area contributed by atoms with Crippen LogP contribution in [-0.2, 0) is 11.3 Å². The first-order valence-corrected chi connectivity index (χ1v) is 10.4. The summed E-state index contributed by atoms with van der Waals surface area (Å²) in [6.45, 7) is 4.26. The number of primary amides is 1. The summed E-state index contributed by atoms with van der Waals surface area (Å²) in [6.07, 6.45) is 3.48. The Bertz CT molecular complexity index is 1130. The van der Waals surface area contributed by atoms with Crippen molar-refractivity contribution in [2.24, 2.45) is 11.1 Å². The molecule has 1 aromatic carbocycles. The fraction of sp³-hybridized carbons (Fsp3) is 0.292. The lowest BCUT2D eigenvalue weighted by atomic mass is 9.91. The van der Waals surface area contributed by atoms with Gasteiger partial charge in [-0.2, -0.15) is 0 Å². The molecule has 3 aromatic rings. The number of aromatic nitrogens is 2. The van der Waals surface area contributed by atoms with Gasteiger partial charge in [-0.25, -0.2) is 9.78 Å². The zero-order valence-corrected chi connectivity index (χ0v) is 17.9. The summed E-state index contributed by atoms with van der Waals surface area (Å²) in [7, 11) is 0. The molecule has 8 nitrogen and oxygen atoms in total. The Morgan fingerprint density at radius 2 is 2.00 bits per heavy atom. The molecule has 1 saturated heterocycles. The average Bonchev–Trinajstić information content (AvgIpc) is 3.20. The van der Waals surface area contributed by atoms with Crippen molar-refractivity contribution in [2.45, 2.75) is 20.0 Å². The summed E-state index contributed by atoms with van der Waals surface area (Å²) in [4.78, 5) is 30.2. The Kier molecular flexibility index (Phi) is 6.11. The Morgan fingerprint density at radius 3 is 2.69 bits per heavy atom. The van der Waals surface area contributed by atoms with Crippen molar-refractivity contribution in [3.05, 3.63) is 82.9 Å². The Hall–Kier alpha value is -3.81. The number of amides is 1. The lowest BCUT2D eigenvalue weighted by Gasteiger charge is -2.24. The van der Waals surface area contributed by atoms with Crippen LogP contribution in [0.25, 0.3) is 5.69 Å². The molecule has 1 atom stereocenters. The van der Waals surface area contributed by atoms with E-state index in [1.54, 1.807) is 18.5 Å². The molecule has 2 aromatic heterocycles. The molecular formula is C24H26N4O4. The standard InChI is InChI=1S/C24H26N4O4/c1-24(17-32-23(25)30)10-12-27(16-24)21-8-7-19(14-26-21)28-11-9-20(13-22(28)29)31-15-18-5-3-2-4-6-18/h2-9,11,13-14H,10,12,15-17H2,1H3,(H2,25,30). The molecule has 0 bridgehead atoms. The summed E-state index contributed by atoms with van der Waals surface area (Å²) in [6, 6.07) is 16.8. The van der Waals surface area contributed by atoms with Crippen LogP contribution in [0, 0.1) is 5.41 Å². The van der Waals surface area contributed by atoms with E-state index in [2.05, 4.69) is 16.8 Å². The van der Waals surface area contributed by atoms with E-state index in [9.17, 15) is 9.59 Å². The molecule has 0 saturated carbocycles. The third-order valence-corrected chi connectivity index (χ3v) is 5.59. The predicted molar refractivity (Wildman–Crippen MR) is 121 cm³/mol. The van der Waals surface area contributed by atoms with Gasteiger partial charge in [-0.15, -0.1) is 0 Å². The Morgan fingerprint density at radius 1 is 1.19 bits per heavy atom. The molecule has 4 rings (SSSR count). The lowest BCUT2D eigenvalue weighted by Crippen LogP contribution is -2.31. The molecule has 2 N–H and O–H groups in total. The van der Waals surface area contributed by atoms with Crippen molar-refractivity contribution in [1.29, 1.82) is 0 Å². The summed E-state index contributed by atoms with van der Waals surface area (Å²) < 4.78 is 12.3. The zero-order valence-electron chi connectivity index (χ0n) is 17.9. The maximum absolute atomic E-state index is 12.6. The maximum atomic E-state index is 12.6. The minimum atomic E-state index is -0.755.